The van der Waals surface area contributed by atoms with Gasteiger partial charge in [0.2, 0.25) is 11.8 Å². The zero-order valence-electron chi connectivity index (χ0n) is 17.6. The second kappa shape index (κ2) is 9.59. The summed E-state index contributed by atoms with van der Waals surface area (Å²) in [6, 6.07) is 0. The first kappa shape index (κ1) is 21.6. The number of amides is 2. The molecule has 2 aliphatic carbocycles. The lowest BCUT2D eigenvalue weighted by Gasteiger charge is -2.31. The van der Waals surface area contributed by atoms with Gasteiger partial charge in [-0.1, -0.05) is 37.8 Å². The van der Waals surface area contributed by atoms with Gasteiger partial charge in [-0.2, -0.15) is 0 Å². The second-order valence-electron chi connectivity index (χ2n) is 8.60. The highest BCUT2D eigenvalue weighted by Gasteiger charge is 2.61. The highest BCUT2D eigenvalue weighted by Crippen LogP contribution is 2.52. The second-order valence-corrected chi connectivity index (χ2v) is 8.60. The molecule has 160 valence electrons. The van der Waals surface area contributed by atoms with Crippen LogP contribution in [0.1, 0.15) is 64.2 Å². The Morgan fingerprint density at radius 1 is 1.28 bits per heavy atom. The van der Waals surface area contributed by atoms with E-state index >= 15 is 0 Å². The zero-order valence-corrected chi connectivity index (χ0v) is 17.6. The van der Waals surface area contributed by atoms with Crippen LogP contribution in [0, 0.1) is 17.3 Å². The maximum absolute atomic E-state index is 13.3. The molecule has 0 radical (unpaired) electrons. The van der Waals surface area contributed by atoms with Crippen LogP contribution < -0.4 is 5.32 Å². The number of nitrogens with zero attached hydrogens (tertiary/aromatic N) is 1. The van der Waals surface area contributed by atoms with Crippen LogP contribution in [0.5, 0.6) is 0 Å². The molecule has 2 fully saturated rings. The third kappa shape index (κ3) is 4.26. The Bertz CT molecular complexity index is 680. The molecule has 1 N–H and O–H groups in total. The first-order chi connectivity index (χ1) is 14.0. The molecule has 2 amide bonds. The highest BCUT2D eigenvalue weighted by atomic mass is 16.5. The first-order valence-electron chi connectivity index (χ1n) is 11.0. The lowest BCUT2D eigenvalue weighted by Crippen LogP contribution is -2.42. The fourth-order valence-corrected chi connectivity index (χ4v) is 5.34. The van der Waals surface area contributed by atoms with Crippen molar-refractivity contribution in [3.63, 3.8) is 0 Å². The minimum absolute atomic E-state index is 0.0195. The summed E-state index contributed by atoms with van der Waals surface area (Å²) < 4.78 is 5.18. The predicted molar refractivity (Wildman–Crippen MR) is 111 cm³/mol. The smallest absolute Gasteiger partial charge is 0.318 e. The normalized spacial score (nSPS) is 27.6. The van der Waals surface area contributed by atoms with Crippen molar-refractivity contribution in [3.8, 4) is 0 Å². The number of esters is 1. The molecule has 3 aliphatic rings. The summed E-state index contributed by atoms with van der Waals surface area (Å²) in [6.07, 6.45) is 12.8. The molecule has 1 aliphatic heterocycles. The third-order valence-corrected chi connectivity index (χ3v) is 6.83. The van der Waals surface area contributed by atoms with Crippen LogP contribution in [-0.4, -0.2) is 42.9 Å². The predicted octanol–water partition coefficient (Wildman–Crippen LogP) is 3.33. The topological polar surface area (TPSA) is 75.7 Å². The Kier molecular flexibility index (Phi) is 7.14. The maximum atomic E-state index is 13.3. The van der Waals surface area contributed by atoms with Gasteiger partial charge in [-0.25, -0.2) is 0 Å². The number of rotatable bonds is 7. The molecule has 0 aromatic carbocycles. The van der Waals surface area contributed by atoms with Crippen molar-refractivity contribution < 1.29 is 19.1 Å². The molecule has 0 unspecified atom stereocenters. The van der Waals surface area contributed by atoms with Crippen molar-refractivity contribution in [1.29, 1.82) is 0 Å². The minimum Gasteiger partial charge on any atom is -0.468 e. The van der Waals surface area contributed by atoms with Crippen LogP contribution in [0.4, 0.5) is 0 Å². The number of likely N-dealkylation sites (tertiary alicyclic amines) is 1. The van der Waals surface area contributed by atoms with Crippen LogP contribution in [0.2, 0.25) is 0 Å². The monoisotopic (exact) mass is 402 g/mol. The largest absolute Gasteiger partial charge is 0.468 e. The van der Waals surface area contributed by atoms with Gasteiger partial charge in [0.15, 0.2) is 0 Å². The molecule has 1 saturated heterocycles. The summed E-state index contributed by atoms with van der Waals surface area (Å²) in [5, 5.41) is 3.03. The molecule has 2 atom stereocenters. The summed E-state index contributed by atoms with van der Waals surface area (Å²) in [4.78, 5) is 40.7. The Morgan fingerprint density at radius 2 is 2.03 bits per heavy atom. The number of allylic oxidation sites excluding steroid dienone is 1. The Balaban J connectivity index is 1.81. The average molecular weight is 403 g/mol. The standard InChI is InChI=1S/C23H34N2O4/c1-3-14-25-19-12-8-5-9-13-23(19,22(28)29-2)18(21(25)27)15-20(26)24-16-17-10-6-4-7-11-17/h3,12,17-18H,1,4-11,13-16H2,2H3,(H,24,26)/t18-,23-/m1/s1. The van der Waals surface area contributed by atoms with E-state index in [-0.39, 0.29) is 18.2 Å². The van der Waals surface area contributed by atoms with Crippen LogP contribution in [0.25, 0.3) is 0 Å². The molecule has 1 heterocycles. The van der Waals surface area contributed by atoms with E-state index in [1.54, 1.807) is 11.0 Å². The SMILES string of the molecule is C=CCN1C(=O)[C@@H](CC(=O)NCC2CCCCC2)[C@]2(C(=O)OC)CCCCC=C12. The number of hydrogen-bond donors (Lipinski definition) is 1. The molecule has 29 heavy (non-hydrogen) atoms. The molecule has 0 bridgehead atoms. The molecular weight excluding hydrogens is 368 g/mol. The molecule has 0 spiro atoms. The molecule has 3 rings (SSSR count). The van der Waals surface area contributed by atoms with Gasteiger partial charge >= 0.3 is 5.97 Å². The van der Waals surface area contributed by atoms with Gasteiger partial charge < -0.3 is 15.0 Å². The van der Waals surface area contributed by atoms with Crippen molar-refractivity contribution >= 4 is 17.8 Å². The summed E-state index contributed by atoms with van der Waals surface area (Å²) in [5.74, 6) is -0.925. The van der Waals surface area contributed by atoms with E-state index in [2.05, 4.69) is 11.9 Å². The Hall–Kier alpha value is -2.11. The molecule has 0 aromatic rings. The van der Waals surface area contributed by atoms with E-state index in [4.69, 9.17) is 4.74 Å². The molecule has 6 heteroatoms. The molecule has 0 aromatic heterocycles. The van der Waals surface area contributed by atoms with Crippen LogP contribution in [-0.2, 0) is 19.1 Å². The zero-order chi connectivity index (χ0) is 20.9. The van der Waals surface area contributed by atoms with Crippen molar-refractivity contribution in [2.24, 2.45) is 17.3 Å². The van der Waals surface area contributed by atoms with Crippen molar-refractivity contribution in [2.75, 3.05) is 20.2 Å². The number of carbonyl (C=O) groups excluding carboxylic acids is 3. The molecule has 1 saturated carbocycles. The number of ether oxygens (including phenoxy) is 1. The van der Waals surface area contributed by atoms with E-state index in [0.29, 0.717) is 31.1 Å². The van der Waals surface area contributed by atoms with Gasteiger partial charge in [0.05, 0.1) is 13.0 Å². The third-order valence-electron chi connectivity index (χ3n) is 6.83. The average Bonchev–Trinajstić information content (AvgIpc) is 2.88. The summed E-state index contributed by atoms with van der Waals surface area (Å²) in [7, 11) is 1.36. The summed E-state index contributed by atoms with van der Waals surface area (Å²) in [6.45, 7) is 4.75. The van der Waals surface area contributed by atoms with Gasteiger partial charge in [0.25, 0.3) is 0 Å². The number of nitrogens with one attached hydrogen (secondary N) is 1. The maximum Gasteiger partial charge on any atom is 0.318 e. The van der Waals surface area contributed by atoms with E-state index in [1.807, 2.05) is 6.08 Å². The van der Waals surface area contributed by atoms with E-state index < -0.39 is 17.3 Å². The van der Waals surface area contributed by atoms with Crippen LogP contribution >= 0.6 is 0 Å². The van der Waals surface area contributed by atoms with Crippen molar-refractivity contribution in [1.82, 2.24) is 10.2 Å². The minimum atomic E-state index is -1.06. The van der Waals surface area contributed by atoms with Gasteiger partial charge in [0.1, 0.15) is 5.41 Å². The Morgan fingerprint density at radius 3 is 2.72 bits per heavy atom. The fourth-order valence-electron chi connectivity index (χ4n) is 5.34. The summed E-state index contributed by atoms with van der Waals surface area (Å²) >= 11 is 0. The Labute approximate surface area is 173 Å². The lowest BCUT2D eigenvalue weighted by atomic mass is 9.71. The van der Waals surface area contributed by atoms with E-state index in [9.17, 15) is 14.4 Å². The molecular formula is C23H34N2O4. The van der Waals surface area contributed by atoms with E-state index in [0.717, 1.165) is 32.1 Å². The van der Waals surface area contributed by atoms with Gasteiger partial charge in [-0.05, 0) is 38.0 Å². The number of hydrogen-bond acceptors (Lipinski definition) is 4. The van der Waals surface area contributed by atoms with Gasteiger partial charge in [-0.15, -0.1) is 6.58 Å². The number of fused-ring (bicyclic) bond motifs is 1. The number of methoxy groups -OCH3 is 1. The van der Waals surface area contributed by atoms with Crippen molar-refractivity contribution in [2.45, 2.75) is 64.2 Å². The van der Waals surface area contributed by atoms with E-state index in [1.165, 1.54) is 26.4 Å². The number of carbonyl (C=O) groups is 3. The lowest BCUT2D eigenvalue weighted by molar-refractivity contribution is -0.155. The van der Waals surface area contributed by atoms with Crippen LogP contribution in [0.15, 0.2) is 24.4 Å². The fraction of sp³-hybridized carbons (Fsp3) is 0.696. The van der Waals surface area contributed by atoms with Crippen LogP contribution in [0.3, 0.4) is 0 Å². The van der Waals surface area contributed by atoms with Gasteiger partial charge in [-0.3, -0.25) is 14.4 Å². The molecule has 6 nitrogen and oxygen atoms in total. The first-order valence-corrected chi connectivity index (χ1v) is 11.0. The summed E-state index contributed by atoms with van der Waals surface area (Å²) in [5.41, 5.74) is -0.357. The van der Waals surface area contributed by atoms with Gasteiger partial charge in [0, 0.05) is 25.2 Å². The van der Waals surface area contributed by atoms with Crippen molar-refractivity contribution in [3.05, 3.63) is 24.4 Å². The quantitative estimate of drug-likeness (QED) is 0.523. The highest BCUT2D eigenvalue weighted by molar-refractivity contribution is 5.98.